The van der Waals surface area contributed by atoms with E-state index in [0.717, 1.165) is 0 Å². The average Bonchev–Trinajstić information content (AvgIpc) is 2.62. The number of aromatic nitrogens is 1. The molecule has 0 amide bonds. The molecule has 1 atom stereocenters. The third-order valence-electron chi connectivity index (χ3n) is 2.84. The maximum atomic E-state index is 5.68. The molecule has 1 unspecified atom stereocenters. The van der Waals surface area contributed by atoms with Gasteiger partial charge in [0.25, 0.3) is 0 Å². The van der Waals surface area contributed by atoms with Gasteiger partial charge in [-0.15, -0.1) is 0 Å². The highest BCUT2D eigenvalue weighted by atomic mass is 14.7. The molecule has 0 saturated carbocycles. The number of rotatable bonds is 2. The lowest BCUT2D eigenvalue weighted by atomic mass is 10.00. The summed E-state index contributed by atoms with van der Waals surface area (Å²) in [6.45, 7) is 4.97. The van der Waals surface area contributed by atoms with Gasteiger partial charge in [0.2, 0.25) is 0 Å². The fourth-order valence-electron chi connectivity index (χ4n) is 1.86. The van der Waals surface area contributed by atoms with E-state index in [1.54, 1.807) is 0 Å². The lowest BCUT2D eigenvalue weighted by Gasteiger charge is -2.06. The molecule has 0 fully saturated rings. The van der Waals surface area contributed by atoms with Gasteiger partial charge in [-0.3, -0.25) is 0 Å². The van der Waals surface area contributed by atoms with E-state index in [0.29, 0.717) is 12.5 Å². The largest absolute Gasteiger partial charge is 0.361 e. The zero-order chi connectivity index (χ0) is 10.1. The average molecular weight is 188 g/mol. The number of H-pyrrole nitrogens is 1. The summed E-state index contributed by atoms with van der Waals surface area (Å²) in [5, 5.41) is 1.31. The van der Waals surface area contributed by atoms with Crippen LogP contribution in [-0.2, 0) is 0 Å². The van der Waals surface area contributed by atoms with E-state index < -0.39 is 0 Å². The Bertz CT molecular complexity index is 443. The molecule has 1 aromatic carbocycles. The first-order chi connectivity index (χ1) is 6.74. The minimum atomic E-state index is 0.422. The minimum Gasteiger partial charge on any atom is -0.361 e. The van der Waals surface area contributed by atoms with Crippen molar-refractivity contribution in [2.45, 2.75) is 19.8 Å². The Hall–Kier alpha value is -1.28. The Morgan fingerprint density at radius 1 is 1.43 bits per heavy atom. The summed E-state index contributed by atoms with van der Waals surface area (Å²) < 4.78 is 0. The van der Waals surface area contributed by atoms with Gasteiger partial charge in [0.05, 0.1) is 0 Å². The van der Waals surface area contributed by atoms with E-state index in [4.69, 9.17) is 5.73 Å². The van der Waals surface area contributed by atoms with Gasteiger partial charge < -0.3 is 10.7 Å². The Kier molecular flexibility index (Phi) is 2.30. The van der Waals surface area contributed by atoms with E-state index in [1.807, 2.05) is 0 Å². The molecule has 0 aliphatic heterocycles. The van der Waals surface area contributed by atoms with Crippen LogP contribution in [0, 0.1) is 6.92 Å². The lowest BCUT2D eigenvalue weighted by Crippen LogP contribution is -2.08. The van der Waals surface area contributed by atoms with Crippen LogP contribution in [0.25, 0.3) is 10.9 Å². The molecule has 0 saturated heterocycles. The molecule has 3 N–H and O–H groups in total. The van der Waals surface area contributed by atoms with Crippen molar-refractivity contribution in [1.29, 1.82) is 0 Å². The molecule has 0 radical (unpaired) electrons. The van der Waals surface area contributed by atoms with Crippen molar-refractivity contribution in [3.05, 3.63) is 35.5 Å². The van der Waals surface area contributed by atoms with Crippen molar-refractivity contribution in [3.8, 4) is 0 Å². The Balaban J connectivity index is 2.63. The summed E-state index contributed by atoms with van der Waals surface area (Å²) in [5.74, 6) is 0.422. The van der Waals surface area contributed by atoms with Crippen molar-refractivity contribution in [3.63, 3.8) is 0 Å². The first-order valence-electron chi connectivity index (χ1n) is 5.00. The highest BCUT2D eigenvalue weighted by Gasteiger charge is 2.09. The van der Waals surface area contributed by atoms with Crippen LogP contribution in [0.15, 0.2) is 24.4 Å². The Morgan fingerprint density at radius 3 is 2.93 bits per heavy atom. The van der Waals surface area contributed by atoms with Gasteiger partial charge in [-0.1, -0.05) is 25.1 Å². The molecule has 2 aromatic rings. The molecule has 2 heteroatoms. The first-order valence-corrected chi connectivity index (χ1v) is 5.00. The monoisotopic (exact) mass is 188 g/mol. The SMILES string of the molecule is Cc1cccc2c(C(C)CN)c[nH]c12. The van der Waals surface area contributed by atoms with Crippen LogP contribution in [0.3, 0.4) is 0 Å². The van der Waals surface area contributed by atoms with Crippen LogP contribution < -0.4 is 5.73 Å². The molecule has 1 aromatic heterocycles. The van der Waals surface area contributed by atoms with Crippen LogP contribution in [0.4, 0.5) is 0 Å². The van der Waals surface area contributed by atoms with Crippen LogP contribution in [0.2, 0.25) is 0 Å². The Labute approximate surface area is 84.1 Å². The van der Waals surface area contributed by atoms with Gasteiger partial charge >= 0.3 is 0 Å². The fourth-order valence-corrected chi connectivity index (χ4v) is 1.86. The van der Waals surface area contributed by atoms with E-state index in [9.17, 15) is 0 Å². The highest BCUT2D eigenvalue weighted by molar-refractivity contribution is 5.86. The van der Waals surface area contributed by atoms with Crippen LogP contribution in [-0.4, -0.2) is 11.5 Å². The number of aryl methyl sites for hydroxylation is 1. The van der Waals surface area contributed by atoms with Crippen LogP contribution in [0.5, 0.6) is 0 Å². The van der Waals surface area contributed by atoms with Crippen molar-refractivity contribution >= 4 is 10.9 Å². The number of benzene rings is 1. The number of para-hydroxylation sites is 1. The molecule has 14 heavy (non-hydrogen) atoms. The smallest absolute Gasteiger partial charge is 0.0486 e. The van der Waals surface area contributed by atoms with Gasteiger partial charge in [-0.2, -0.15) is 0 Å². The molecular weight excluding hydrogens is 172 g/mol. The van der Waals surface area contributed by atoms with E-state index in [2.05, 4.69) is 43.2 Å². The van der Waals surface area contributed by atoms with Gasteiger partial charge in [-0.25, -0.2) is 0 Å². The van der Waals surface area contributed by atoms with Gasteiger partial charge in [0.15, 0.2) is 0 Å². The van der Waals surface area contributed by atoms with E-state index in [-0.39, 0.29) is 0 Å². The summed E-state index contributed by atoms with van der Waals surface area (Å²) >= 11 is 0. The van der Waals surface area contributed by atoms with Gasteiger partial charge in [0, 0.05) is 17.1 Å². The zero-order valence-corrected chi connectivity index (χ0v) is 8.67. The number of nitrogens with two attached hydrogens (primary N) is 1. The quantitative estimate of drug-likeness (QED) is 0.747. The molecule has 0 bridgehead atoms. The third kappa shape index (κ3) is 1.32. The predicted molar refractivity (Wildman–Crippen MR) is 60.5 cm³/mol. The summed E-state index contributed by atoms with van der Waals surface area (Å²) in [7, 11) is 0. The normalized spacial score (nSPS) is 13.4. The van der Waals surface area contributed by atoms with E-state index in [1.165, 1.54) is 22.0 Å². The second-order valence-electron chi connectivity index (χ2n) is 3.88. The summed E-state index contributed by atoms with van der Waals surface area (Å²) in [4.78, 5) is 3.32. The fraction of sp³-hybridized carbons (Fsp3) is 0.333. The van der Waals surface area contributed by atoms with Crippen molar-refractivity contribution < 1.29 is 0 Å². The second-order valence-corrected chi connectivity index (χ2v) is 3.88. The molecule has 2 nitrogen and oxygen atoms in total. The van der Waals surface area contributed by atoms with Crippen LogP contribution in [0.1, 0.15) is 24.0 Å². The standard InChI is InChI=1S/C12H16N2/c1-8-4-3-5-10-11(9(2)6-13)7-14-12(8)10/h3-5,7,9,14H,6,13H2,1-2H3. The van der Waals surface area contributed by atoms with Gasteiger partial charge in [-0.05, 0) is 30.5 Å². The predicted octanol–water partition coefficient (Wildman–Crippen LogP) is 2.54. The lowest BCUT2D eigenvalue weighted by molar-refractivity contribution is 0.780. The molecular formula is C12H16N2. The molecule has 0 spiro atoms. The maximum absolute atomic E-state index is 5.68. The summed E-state index contributed by atoms with van der Waals surface area (Å²) in [6, 6.07) is 6.37. The molecule has 0 aliphatic carbocycles. The molecule has 0 aliphatic rings. The van der Waals surface area contributed by atoms with Gasteiger partial charge in [0.1, 0.15) is 0 Å². The highest BCUT2D eigenvalue weighted by Crippen LogP contribution is 2.26. The number of aromatic amines is 1. The Morgan fingerprint density at radius 2 is 2.21 bits per heavy atom. The zero-order valence-electron chi connectivity index (χ0n) is 8.67. The van der Waals surface area contributed by atoms with Crippen molar-refractivity contribution in [1.82, 2.24) is 4.98 Å². The van der Waals surface area contributed by atoms with Crippen molar-refractivity contribution in [2.24, 2.45) is 5.73 Å². The summed E-state index contributed by atoms with van der Waals surface area (Å²) in [6.07, 6.45) is 2.08. The number of nitrogens with one attached hydrogen (secondary N) is 1. The molecule has 1 heterocycles. The maximum Gasteiger partial charge on any atom is 0.0486 e. The van der Waals surface area contributed by atoms with E-state index >= 15 is 0 Å². The molecule has 74 valence electrons. The second kappa shape index (κ2) is 3.46. The minimum absolute atomic E-state index is 0.422. The molecule has 2 rings (SSSR count). The number of hydrogen-bond acceptors (Lipinski definition) is 1. The van der Waals surface area contributed by atoms with Crippen molar-refractivity contribution in [2.75, 3.05) is 6.54 Å². The third-order valence-corrected chi connectivity index (χ3v) is 2.84. The summed E-state index contributed by atoms with van der Waals surface area (Å²) in [5.41, 5.74) is 9.53. The number of hydrogen-bond donors (Lipinski definition) is 2. The number of fused-ring (bicyclic) bond motifs is 1. The first kappa shape index (κ1) is 9.28. The van der Waals surface area contributed by atoms with Crippen LogP contribution >= 0.6 is 0 Å². The topological polar surface area (TPSA) is 41.8 Å².